The molecule has 7 heteroatoms. The Bertz CT molecular complexity index is 908. The van der Waals surface area contributed by atoms with Crippen LogP contribution in [0.4, 0.5) is 5.69 Å². The largest absolute Gasteiger partial charge is 0.467 e. The Morgan fingerprint density at radius 2 is 1.93 bits per heavy atom. The Morgan fingerprint density at radius 1 is 1.11 bits per heavy atom. The standard InChI is InChI=1S/C20H19NO6/c22-20(15-6-5-13-3-1-2-4-14(13)7-15)26-11-17-9-18(21(23)24)8-16-10-25-12-27-19(16)17/h5-9H,1-4,10-12H2. The number of carbonyl (C=O) groups is 1. The summed E-state index contributed by atoms with van der Waals surface area (Å²) in [6, 6.07) is 8.46. The van der Waals surface area contributed by atoms with E-state index in [9.17, 15) is 14.9 Å². The van der Waals surface area contributed by atoms with Crippen LogP contribution >= 0.6 is 0 Å². The topological polar surface area (TPSA) is 87.9 Å². The Kier molecular flexibility index (Phi) is 4.77. The number of hydrogen-bond acceptors (Lipinski definition) is 6. The lowest BCUT2D eigenvalue weighted by Crippen LogP contribution is -2.15. The molecule has 0 aromatic heterocycles. The summed E-state index contributed by atoms with van der Waals surface area (Å²) in [6.45, 7) is 0.194. The van der Waals surface area contributed by atoms with Gasteiger partial charge in [-0.2, -0.15) is 0 Å². The van der Waals surface area contributed by atoms with Gasteiger partial charge in [-0.25, -0.2) is 4.79 Å². The molecule has 0 spiro atoms. The lowest BCUT2D eigenvalue weighted by molar-refractivity contribution is -0.385. The number of nitrogens with zero attached hydrogens (tertiary/aromatic N) is 1. The number of nitro groups is 1. The number of non-ortho nitro benzene ring substituents is 1. The first-order valence-electron chi connectivity index (χ1n) is 8.91. The van der Waals surface area contributed by atoms with E-state index in [1.54, 1.807) is 6.07 Å². The number of hydrogen-bond donors (Lipinski definition) is 0. The van der Waals surface area contributed by atoms with Gasteiger partial charge in [0.15, 0.2) is 6.79 Å². The molecular formula is C20H19NO6. The highest BCUT2D eigenvalue weighted by Crippen LogP contribution is 2.33. The molecule has 0 radical (unpaired) electrons. The average Bonchev–Trinajstić information content (AvgIpc) is 2.71. The van der Waals surface area contributed by atoms with Crippen LogP contribution in [0.15, 0.2) is 30.3 Å². The third-order valence-electron chi connectivity index (χ3n) is 4.93. The molecule has 2 aliphatic rings. The van der Waals surface area contributed by atoms with E-state index >= 15 is 0 Å². The van der Waals surface area contributed by atoms with Crippen molar-refractivity contribution >= 4 is 11.7 Å². The highest BCUT2D eigenvalue weighted by molar-refractivity contribution is 5.89. The minimum atomic E-state index is -0.482. The van der Waals surface area contributed by atoms with Crippen molar-refractivity contribution in [1.29, 1.82) is 0 Å². The van der Waals surface area contributed by atoms with E-state index in [4.69, 9.17) is 14.2 Å². The van der Waals surface area contributed by atoms with Crippen molar-refractivity contribution < 1.29 is 23.9 Å². The van der Waals surface area contributed by atoms with Crippen molar-refractivity contribution in [2.45, 2.75) is 38.9 Å². The second-order valence-electron chi connectivity index (χ2n) is 6.73. The first-order chi connectivity index (χ1) is 13.1. The molecule has 0 saturated heterocycles. The molecule has 0 N–H and O–H groups in total. The van der Waals surface area contributed by atoms with Crippen LogP contribution in [-0.2, 0) is 35.5 Å². The molecule has 0 fully saturated rings. The van der Waals surface area contributed by atoms with Crippen molar-refractivity contribution in [3.63, 3.8) is 0 Å². The van der Waals surface area contributed by atoms with Gasteiger partial charge in [0, 0.05) is 23.3 Å². The summed E-state index contributed by atoms with van der Waals surface area (Å²) >= 11 is 0. The molecule has 1 heterocycles. The zero-order valence-corrected chi connectivity index (χ0v) is 14.7. The van der Waals surface area contributed by atoms with Crippen LogP contribution in [0.3, 0.4) is 0 Å². The van der Waals surface area contributed by atoms with E-state index in [0.29, 0.717) is 22.4 Å². The second kappa shape index (κ2) is 7.36. The van der Waals surface area contributed by atoms with Crippen molar-refractivity contribution in [2.24, 2.45) is 0 Å². The molecule has 1 aliphatic heterocycles. The molecule has 0 bridgehead atoms. The van der Waals surface area contributed by atoms with Crippen molar-refractivity contribution in [3.05, 3.63) is 68.3 Å². The molecule has 7 nitrogen and oxygen atoms in total. The summed E-state index contributed by atoms with van der Waals surface area (Å²) in [7, 11) is 0. The molecule has 140 valence electrons. The highest BCUT2D eigenvalue weighted by Gasteiger charge is 2.22. The highest BCUT2D eigenvalue weighted by atomic mass is 16.7. The SMILES string of the molecule is O=C(OCc1cc([N+](=O)[O-])cc2c1OCOC2)c1ccc2c(c1)CCCC2. The number of benzene rings is 2. The van der Waals surface area contributed by atoms with Crippen molar-refractivity contribution in [1.82, 2.24) is 0 Å². The predicted molar refractivity (Wildman–Crippen MR) is 95.6 cm³/mol. The Labute approximate surface area is 156 Å². The molecule has 1 aliphatic carbocycles. The van der Waals surface area contributed by atoms with Gasteiger partial charge in [-0.05, 0) is 48.9 Å². The van der Waals surface area contributed by atoms with E-state index < -0.39 is 10.9 Å². The first-order valence-corrected chi connectivity index (χ1v) is 8.91. The van der Waals surface area contributed by atoms with Crippen LogP contribution in [0.25, 0.3) is 0 Å². The quantitative estimate of drug-likeness (QED) is 0.464. The van der Waals surface area contributed by atoms with Gasteiger partial charge in [0.25, 0.3) is 5.69 Å². The summed E-state index contributed by atoms with van der Waals surface area (Å²) in [5.74, 6) is 0.0424. The summed E-state index contributed by atoms with van der Waals surface area (Å²) in [5, 5.41) is 11.2. The lowest BCUT2D eigenvalue weighted by Gasteiger charge is -2.20. The van der Waals surface area contributed by atoms with Crippen LogP contribution < -0.4 is 4.74 Å². The number of ether oxygens (including phenoxy) is 3. The molecule has 0 atom stereocenters. The van der Waals surface area contributed by atoms with Gasteiger partial charge in [0.05, 0.1) is 17.1 Å². The Hall–Kier alpha value is -2.93. The van der Waals surface area contributed by atoms with Gasteiger partial charge in [0.1, 0.15) is 12.4 Å². The Morgan fingerprint density at radius 3 is 2.74 bits per heavy atom. The number of carbonyl (C=O) groups excluding carboxylic acids is 1. The first kappa shape index (κ1) is 17.5. The summed E-state index contributed by atoms with van der Waals surface area (Å²) in [4.78, 5) is 23.1. The van der Waals surface area contributed by atoms with Crippen LogP contribution in [0, 0.1) is 10.1 Å². The molecular weight excluding hydrogens is 350 g/mol. The van der Waals surface area contributed by atoms with Crippen LogP contribution in [-0.4, -0.2) is 17.7 Å². The van der Waals surface area contributed by atoms with Crippen LogP contribution in [0.5, 0.6) is 5.75 Å². The maximum Gasteiger partial charge on any atom is 0.338 e. The molecule has 0 amide bonds. The van der Waals surface area contributed by atoms with Crippen LogP contribution in [0.2, 0.25) is 0 Å². The second-order valence-corrected chi connectivity index (χ2v) is 6.73. The van der Waals surface area contributed by atoms with E-state index in [0.717, 1.165) is 19.3 Å². The minimum absolute atomic E-state index is 0.0661. The van der Waals surface area contributed by atoms with Gasteiger partial charge in [-0.1, -0.05) is 6.07 Å². The number of nitro benzene ring substituents is 1. The molecule has 2 aromatic rings. The minimum Gasteiger partial charge on any atom is -0.467 e. The fraction of sp³-hybridized carbons (Fsp3) is 0.350. The smallest absolute Gasteiger partial charge is 0.338 e. The van der Waals surface area contributed by atoms with Gasteiger partial charge in [0.2, 0.25) is 0 Å². The third-order valence-corrected chi connectivity index (χ3v) is 4.93. The van der Waals surface area contributed by atoms with Crippen molar-refractivity contribution in [2.75, 3.05) is 6.79 Å². The normalized spacial score (nSPS) is 15.3. The van der Waals surface area contributed by atoms with Gasteiger partial charge in [-0.3, -0.25) is 10.1 Å². The monoisotopic (exact) mass is 369 g/mol. The summed E-state index contributed by atoms with van der Waals surface area (Å²) in [6.07, 6.45) is 4.33. The number of rotatable bonds is 4. The molecule has 0 unspecified atom stereocenters. The zero-order valence-electron chi connectivity index (χ0n) is 14.7. The molecule has 2 aromatic carbocycles. The van der Waals surface area contributed by atoms with E-state index in [-0.39, 0.29) is 25.7 Å². The fourth-order valence-electron chi connectivity index (χ4n) is 3.58. The van der Waals surface area contributed by atoms with Gasteiger partial charge in [-0.15, -0.1) is 0 Å². The maximum atomic E-state index is 12.5. The predicted octanol–water partition coefficient (Wildman–Crippen LogP) is 3.70. The average molecular weight is 369 g/mol. The maximum absolute atomic E-state index is 12.5. The van der Waals surface area contributed by atoms with Gasteiger partial charge >= 0.3 is 5.97 Å². The third kappa shape index (κ3) is 3.64. The van der Waals surface area contributed by atoms with Gasteiger partial charge < -0.3 is 14.2 Å². The van der Waals surface area contributed by atoms with Crippen LogP contribution in [0.1, 0.15) is 45.5 Å². The van der Waals surface area contributed by atoms with E-state index in [2.05, 4.69) is 0 Å². The molecule has 27 heavy (non-hydrogen) atoms. The summed E-state index contributed by atoms with van der Waals surface area (Å²) < 4.78 is 16.1. The number of esters is 1. The zero-order chi connectivity index (χ0) is 18.8. The van der Waals surface area contributed by atoms with E-state index in [1.807, 2.05) is 12.1 Å². The molecule has 0 saturated carbocycles. The summed E-state index contributed by atoms with van der Waals surface area (Å²) in [5.41, 5.74) is 3.95. The Balaban J connectivity index is 1.53. The fourth-order valence-corrected chi connectivity index (χ4v) is 3.58. The number of aryl methyl sites for hydroxylation is 2. The number of fused-ring (bicyclic) bond motifs is 2. The lowest BCUT2D eigenvalue weighted by atomic mass is 9.90. The molecule has 4 rings (SSSR count). The van der Waals surface area contributed by atoms with Crippen molar-refractivity contribution in [3.8, 4) is 5.75 Å². The van der Waals surface area contributed by atoms with E-state index in [1.165, 1.54) is 29.7 Å².